The zero-order chi connectivity index (χ0) is 17.1. The van der Waals surface area contributed by atoms with E-state index in [1.54, 1.807) is 6.92 Å². The first kappa shape index (κ1) is 17.0. The van der Waals surface area contributed by atoms with Gasteiger partial charge in [-0.05, 0) is 24.5 Å². The maximum Gasteiger partial charge on any atom is 0.253 e. The molecule has 2 heterocycles. The molecule has 0 spiro atoms. The van der Waals surface area contributed by atoms with Crippen LogP contribution in [0.15, 0.2) is 30.3 Å². The Bertz CT molecular complexity index is 590. The third-order valence-corrected chi connectivity index (χ3v) is 5.33. The summed E-state index contributed by atoms with van der Waals surface area (Å²) in [7, 11) is 0. The van der Waals surface area contributed by atoms with E-state index >= 15 is 0 Å². The summed E-state index contributed by atoms with van der Waals surface area (Å²) in [5, 5.41) is 0. The minimum Gasteiger partial charge on any atom is -0.342 e. The van der Waals surface area contributed by atoms with Gasteiger partial charge in [0.2, 0.25) is 5.91 Å². The van der Waals surface area contributed by atoms with Crippen molar-refractivity contribution in [2.75, 3.05) is 39.3 Å². The third-order valence-electron chi connectivity index (χ3n) is 5.33. The topological polar surface area (TPSA) is 43.9 Å². The predicted molar refractivity (Wildman–Crippen MR) is 93.7 cm³/mol. The molecule has 0 bridgehead atoms. The number of hydrogen-bond acceptors (Lipinski definition) is 3. The lowest BCUT2D eigenvalue weighted by Gasteiger charge is -2.29. The first-order chi connectivity index (χ1) is 11.6. The standard InChI is InChI=1S/C19H27N3O2/c1-15-13-22(19(24)17-7-4-3-5-8-17)14-18(15)21-10-6-9-20(11-12-21)16(2)23/h3-5,7-8,15,18H,6,9-14H2,1-2H3. The van der Waals surface area contributed by atoms with Crippen LogP contribution in [0.25, 0.3) is 0 Å². The third kappa shape index (κ3) is 3.61. The molecule has 24 heavy (non-hydrogen) atoms. The van der Waals surface area contributed by atoms with Gasteiger partial charge < -0.3 is 9.80 Å². The lowest BCUT2D eigenvalue weighted by molar-refractivity contribution is -0.128. The molecule has 0 saturated carbocycles. The summed E-state index contributed by atoms with van der Waals surface area (Å²) >= 11 is 0. The van der Waals surface area contributed by atoms with Crippen LogP contribution in [0.4, 0.5) is 0 Å². The molecule has 2 aliphatic rings. The van der Waals surface area contributed by atoms with Crippen molar-refractivity contribution in [3.63, 3.8) is 0 Å². The summed E-state index contributed by atoms with van der Waals surface area (Å²) in [5.74, 6) is 0.754. The Labute approximate surface area is 144 Å². The highest BCUT2D eigenvalue weighted by atomic mass is 16.2. The quantitative estimate of drug-likeness (QED) is 0.829. The molecule has 2 unspecified atom stereocenters. The van der Waals surface area contributed by atoms with Gasteiger partial charge in [0.15, 0.2) is 0 Å². The minimum atomic E-state index is 0.130. The van der Waals surface area contributed by atoms with Crippen LogP contribution in [0.5, 0.6) is 0 Å². The second-order valence-electron chi connectivity index (χ2n) is 7.02. The number of likely N-dealkylation sites (tertiary alicyclic amines) is 1. The Morgan fingerprint density at radius 3 is 2.42 bits per heavy atom. The van der Waals surface area contributed by atoms with Crippen LogP contribution in [0, 0.1) is 5.92 Å². The van der Waals surface area contributed by atoms with Gasteiger partial charge in [0.1, 0.15) is 0 Å². The van der Waals surface area contributed by atoms with E-state index < -0.39 is 0 Å². The summed E-state index contributed by atoms with van der Waals surface area (Å²) < 4.78 is 0. The number of carbonyl (C=O) groups excluding carboxylic acids is 2. The normalized spacial score (nSPS) is 25.6. The molecule has 0 aromatic heterocycles. The average Bonchev–Trinajstić information content (AvgIpc) is 2.82. The lowest BCUT2D eigenvalue weighted by atomic mass is 10.0. The van der Waals surface area contributed by atoms with Gasteiger partial charge in [-0.3, -0.25) is 14.5 Å². The minimum absolute atomic E-state index is 0.130. The highest BCUT2D eigenvalue weighted by molar-refractivity contribution is 5.94. The van der Waals surface area contributed by atoms with Crippen molar-refractivity contribution in [3.8, 4) is 0 Å². The van der Waals surface area contributed by atoms with Gasteiger partial charge >= 0.3 is 0 Å². The molecular weight excluding hydrogens is 302 g/mol. The lowest BCUT2D eigenvalue weighted by Crippen LogP contribution is -2.43. The number of nitrogens with zero attached hydrogens (tertiary/aromatic N) is 3. The molecule has 2 amide bonds. The van der Waals surface area contributed by atoms with E-state index in [0.29, 0.717) is 12.0 Å². The summed E-state index contributed by atoms with van der Waals surface area (Å²) in [5.41, 5.74) is 0.768. The molecule has 2 atom stereocenters. The Morgan fingerprint density at radius 2 is 1.71 bits per heavy atom. The Hall–Kier alpha value is -1.88. The first-order valence-electron chi connectivity index (χ1n) is 8.90. The van der Waals surface area contributed by atoms with Crippen molar-refractivity contribution < 1.29 is 9.59 Å². The van der Waals surface area contributed by atoms with E-state index in [-0.39, 0.29) is 11.8 Å². The largest absolute Gasteiger partial charge is 0.342 e. The molecule has 2 saturated heterocycles. The molecule has 130 valence electrons. The molecule has 0 aliphatic carbocycles. The van der Waals surface area contributed by atoms with Gasteiger partial charge in [-0.25, -0.2) is 0 Å². The summed E-state index contributed by atoms with van der Waals surface area (Å²) in [6.07, 6.45) is 1.01. The second kappa shape index (κ2) is 7.34. The molecular formula is C19H27N3O2. The molecule has 1 aromatic rings. The average molecular weight is 329 g/mol. The fraction of sp³-hybridized carbons (Fsp3) is 0.579. The van der Waals surface area contributed by atoms with Gasteiger partial charge in [0.25, 0.3) is 5.91 Å². The summed E-state index contributed by atoms with van der Waals surface area (Å²) in [6.45, 7) is 9.03. The predicted octanol–water partition coefficient (Wildman–Crippen LogP) is 1.70. The van der Waals surface area contributed by atoms with Crippen LogP contribution in [0.1, 0.15) is 30.6 Å². The van der Waals surface area contributed by atoms with Crippen LogP contribution < -0.4 is 0 Å². The Balaban J connectivity index is 1.63. The van der Waals surface area contributed by atoms with Gasteiger partial charge in [0, 0.05) is 57.8 Å². The molecule has 5 nitrogen and oxygen atoms in total. The van der Waals surface area contributed by atoms with Crippen molar-refractivity contribution in [2.45, 2.75) is 26.3 Å². The molecule has 5 heteroatoms. The Kier molecular flexibility index (Phi) is 5.19. The van der Waals surface area contributed by atoms with Crippen LogP contribution in [0.2, 0.25) is 0 Å². The van der Waals surface area contributed by atoms with Crippen molar-refractivity contribution in [1.29, 1.82) is 0 Å². The van der Waals surface area contributed by atoms with E-state index in [4.69, 9.17) is 0 Å². The molecule has 0 N–H and O–H groups in total. The SMILES string of the molecule is CC(=O)N1CCCN(C2CN(C(=O)c3ccccc3)CC2C)CC1. The van der Waals surface area contributed by atoms with E-state index in [1.807, 2.05) is 40.1 Å². The summed E-state index contributed by atoms with van der Waals surface area (Å²) in [6, 6.07) is 9.92. The fourth-order valence-electron chi connectivity index (χ4n) is 3.94. The van der Waals surface area contributed by atoms with Crippen LogP contribution >= 0.6 is 0 Å². The van der Waals surface area contributed by atoms with Crippen LogP contribution in [-0.4, -0.2) is 71.8 Å². The highest BCUT2D eigenvalue weighted by Gasteiger charge is 2.36. The first-order valence-corrected chi connectivity index (χ1v) is 8.90. The molecule has 1 aromatic carbocycles. The van der Waals surface area contributed by atoms with E-state index in [1.165, 1.54) is 0 Å². The molecule has 0 radical (unpaired) electrons. The van der Waals surface area contributed by atoms with Crippen LogP contribution in [0.3, 0.4) is 0 Å². The van der Waals surface area contributed by atoms with Gasteiger partial charge in [-0.2, -0.15) is 0 Å². The van der Waals surface area contributed by atoms with Crippen molar-refractivity contribution >= 4 is 11.8 Å². The maximum atomic E-state index is 12.7. The monoisotopic (exact) mass is 329 g/mol. The number of benzene rings is 1. The Morgan fingerprint density at radius 1 is 0.958 bits per heavy atom. The smallest absolute Gasteiger partial charge is 0.253 e. The number of hydrogen-bond donors (Lipinski definition) is 0. The number of amides is 2. The molecule has 3 rings (SSSR count). The second-order valence-corrected chi connectivity index (χ2v) is 7.02. The molecule has 2 fully saturated rings. The molecule has 2 aliphatic heterocycles. The maximum absolute atomic E-state index is 12.7. The van der Waals surface area contributed by atoms with Crippen molar-refractivity contribution in [1.82, 2.24) is 14.7 Å². The zero-order valence-corrected chi connectivity index (χ0v) is 14.6. The van der Waals surface area contributed by atoms with Gasteiger partial charge in [0.05, 0.1) is 0 Å². The van der Waals surface area contributed by atoms with E-state index in [0.717, 1.165) is 51.3 Å². The van der Waals surface area contributed by atoms with Crippen molar-refractivity contribution in [3.05, 3.63) is 35.9 Å². The van der Waals surface area contributed by atoms with Gasteiger partial charge in [-0.1, -0.05) is 25.1 Å². The summed E-state index contributed by atoms with van der Waals surface area (Å²) in [4.78, 5) is 30.7. The fourth-order valence-corrected chi connectivity index (χ4v) is 3.94. The number of rotatable bonds is 2. The van der Waals surface area contributed by atoms with E-state index in [9.17, 15) is 9.59 Å². The highest BCUT2D eigenvalue weighted by Crippen LogP contribution is 2.24. The van der Waals surface area contributed by atoms with Gasteiger partial charge in [-0.15, -0.1) is 0 Å². The van der Waals surface area contributed by atoms with Crippen LogP contribution in [-0.2, 0) is 4.79 Å². The zero-order valence-electron chi connectivity index (χ0n) is 14.6. The van der Waals surface area contributed by atoms with Crippen molar-refractivity contribution in [2.24, 2.45) is 5.92 Å². The van der Waals surface area contributed by atoms with E-state index in [2.05, 4.69) is 11.8 Å². The number of carbonyl (C=O) groups is 2.